The molecule has 1 aromatic rings. The molecule has 2 fully saturated rings. The molecule has 1 aliphatic heterocycles. The van der Waals surface area contributed by atoms with Gasteiger partial charge in [0.05, 0.1) is 12.6 Å². The summed E-state index contributed by atoms with van der Waals surface area (Å²) in [7, 11) is 0. The van der Waals surface area contributed by atoms with Gasteiger partial charge in [0.1, 0.15) is 12.6 Å². The normalized spacial score (nSPS) is 28.6. The first-order chi connectivity index (χ1) is 12.5. The van der Waals surface area contributed by atoms with E-state index >= 15 is 0 Å². The van der Waals surface area contributed by atoms with Crippen molar-refractivity contribution < 1.29 is 19.4 Å². The number of rotatable bonds is 4. The summed E-state index contributed by atoms with van der Waals surface area (Å²) < 4.78 is 5.35. The highest BCUT2D eigenvalue weighted by Crippen LogP contribution is 2.25. The zero-order valence-corrected chi connectivity index (χ0v) is 15.3. The van der Waals surface area contributed by atoms with E-state index in [1.165, 1.54) is 11.3 Å². The minimum atomic E-state index is -0.696. The minimum Gasteiger partial charge on any atom is -0.445 e. The molecule has 0 bridgehead atoms. The van der Waals surface area contributed by atoms with E-state index in [1.807, 2.05) is 30.3 Å². The fourth-order valence-electron chi connectivity index (χ4n) is 3.88. The van der Waals surface area contributed by atoms with Crippen LogP contribution in [0.2, 0.25) is 0 Å². The van der Waals surface area contributed by atoms with Crippen LogP contribution in [-0.4, -0.2) is 46.7 Å². The fourth-order valence-corrected chi connectivity index (χ4v) is 3.88. The Balaban J connectivity index is 1.58. The van der Waals surface area contributed by atoms with Crippen molar-refractivity contribution in [2.45, 2.75) is 63.8 Å². The number of benzene rings is 1. The van der Waals surface area contributed by atoms with Crippen LogP contribution < -0.4 is 5.32 Å². The maximum Gasteiger partial charge on any atom is 0.410 e. The van der Waals surface area contributed by atoms with E-state index in [9.17, 15) is 14.7 Å². The zero-order valence-electron chi connectivity index (χ0n) is 15.3. The Bertz CT molecular complexity index is 621. The van der Waals surface area contributed by atoms with Crippen molar-refractivity contribution >= 4 is 12.0 Å². The van der Waals surface area contributed by atoms with Crippen LogP contribution in [0.4, 0.5) is 4.79 Å². The molecule has 4 atom stereocenters. The highest BCUT2D eigenvalue weighted by atomic mass is 16.6. The number of hydrogen-bond acceptors (Lipinski definition) is 4. The molecule has 6 heteroatoms. The van der Waals surface area contributed by atoms with E-state index in [0.29, 0.717) is 5.92 Å². The van der Waals surface area contributed by atoms with Gasteiger partial charge >= 0.3 is 6.09 Å². The average Bonchev–Trinajstić information content (AvgIpc) is 3.04. The summed E-state index contributed by atoms with van der Waals surface area (Å²) >= 11 is 0. The highest BCUT2D eigenvalue weighted by Gasteiger charge is 2.40. The van der Waals surface area contributed by atoms with Crippen molar-refractivity contribution in [3.63, 3.8) is 0 Å². The molecule has 0 aromatic heterocycles. The van der Waals surface area contributed by atoms with Crippen molar-refractivity contribution in [1.82, 2.24) is 10.2 Å². The number of likely N-dealkylation sites (tertiary alicyclic amines) is 1. The van der Waals surface area contributed by atoms with Crippen molar-refractivity contribution in [1.29, 1.82) is 0 Å². The Morgan fingerprint density at radius 1 is 1.23 bits per heavy atom. The topological polar surface area (TPSA) is 78.9 Å². The second-order valence-corrected chi connectivity index (χ2v) is 7.47. The molecule has 142 valence electrons. The van der Waals surface area contributed by atoms with Gasteiger partial charge in [0.2, 0.25) is 5.91 Å². The van der Waals surface area contributed by atoms with Gasteiger partial charge in [0, 0.05) is 12.5 Å². The van der Waals surface area contributed by atoms with E-state index in [0.717, 1.165) is 24.8 Å². The number of aliphatic hydroxyl groups is 1. The number of amides is 2. The molecule has 2 N–H and O–H groups in total. The molecule has 1 heterocycles. The van der Waals surface area contributed by atoms with Gasteiger partial charge in [0.25, 0.3) is 0 Å². The van der Waals surface area contributed by atoms with E-state index in [1.54, 1.807) is 0 Å². The highest BCUT2D eigenvalue weighted by molar-refractivity contribution is 5.86. The minimum absolute atomic E-state index is 0.131. The van der Waals surface area contributed by atoms with Gasteiger partial charge in [-0.3, -0.25) is 9.69 Å². The summed E-state index contributed by atoms with van der Waals surface area (Å²) in [6.45, 7) is 2.44. The lowest BCUT2D eigenvalue weighted by atomic mass is 9.86. The lowest BCUT2D eigenvalue weighted by Gasteiger charge is -2.31. The first-order valence-electron chi connectivity index (χ1n) is 9.50. The summed E-state index contributed by atoms with van der Waals surface area (Å²) in [4.78, 5) is 26.5. The van der Waals surface area contributed by atoms with Crippen LogP contribution in [0, 0.1) is 5.92 Å². The molecule has 2 aliphatic rings. The van der Waals surface area contributed by atoms with Crippen molar-refractivity contribution in [3.05, 3.63) is 35.9 Å². The molecule has 1 saturated carbocycles. The SMILES string of the molecule is C[C@@H]1CCCC[C@H]1NC(=O)[C@@H]1C[C@H](O)CN1C(=O)OCc1ccccc1. The van der Waals surface area contributed by atoms with Gasteiger partial charge < -0.3 is 15.2 Å². The Morgan fingerprint density at radius 3 is 2.69 bits per heavy atom. The zero-order chi connectivity index (χ0) is 18.5. The number of carbonyl (C=O) groups is 2. The Kier molecular flexibility index (Phi) is 6.14. The van der Waals surface area contributed by atoms with Crippen molar-refractivity contribution in [2.75, 3.05) is 6.54 Å². The number of nitrogens with zero attached hydrogens (tertiary/aromatic N) is 1. The molecular formula is C20H28N2O4. The van der Waals surface area contributed by atoms with Gasteiger partial charge in [-0.05, 0) is 24.3 Å². The molecule has 1 aromatic carbocycles. The molecule has 1 aliphatic carbocycles. The largest absolute Gasteiger partial charge is 0.445 e. The van der Waals surface area contributed by atoms with Gasteiger partial charge in [-0.2, -0.15) is 0 Å². The molecule has 0 spiro atoms. The van der Waals surface area contributed by atoms with Gasteiger partial charge in [0.15, 0.2) is 0 Å². The Labute approximate surface area is 154 Å². The number of nitrogens with one attached hydrogen (secondary N) is 1. The van der Waals surface area contributed by atoms with E-state index in [4.69, 9.17) is 4.74 Å². The van der Waals surface area contributed by atoms with Crippen LogP contribution in [0.25, 0.3) is 0 Å². The molecule has 3 rings (SSSR count). The van der Waals surface area contributed by atoms with E-state index in [-0.39, 0.29) is 31.5 Å². The second kappa shape index (κ2) is 8.54. The maximum atomic E-state index is 12.7. The lowest BCUT2D eigenvalue weighted by Crippen LogP contribution is -2.50. The number of carbonyl (C=O) groups excluding carboxylic acids is 2. The average molecular weight is 360 g/mol. The van der Waals surface area contributed by atoms with Crippen LogP contribution in [0.15, 0.2) is 30.3 Å². The quantitative estimate of drug-likeness (QED) is 0.864. The summed E-state index contributed by atoms with van der Waals surface area (Å²) in [5, 5.41) is 13.1. The predicted octanol–water partition coefficient (Wildman–Crippen LogP) is 2.45. The van der Waals surface area contributed by atoms with Crippen LogP contribution in [0.1, 0.15) is 44.6 Å². The molecule has 0 unspecified atom stereocenters. The van der Waals surface area contributed by atoms with Gasteiger partial charge in [-0.1, -0.05) is 50.1 Å². The van der Waals surface area contributed by atoms with Gasteiger partial charge in [-0.15, -0.1) is 0 Å². The molecule has 2 amide bonds. The third kappa shape index (κ3) is 4.55. The number of β-amino-alcohol motifs (C(OH)–C–C–N with tert-alkyl or cyclic N) is 1. The molecular weight excluding hydrogens is 332 g/mol. The first kappa shape index (κ1) is 18.7. The Hall–Kier alpha value is -2.08. The lowest BCUT2D eigenvalue weighted by molar-refractivity contribution is -0.126. The third-order valence-electron chi connectivity index (χ3n) is 5.46. The van der Waals surface area contributed by atoms with Crippen LogP contribution in [0.5, 0.6) is 0 Å². The molecule has 0 radical (unpaired) electrons. The second-order valence-electron chi connectivity index (χ2n) is 7.47. The smallest absolute Gasteiger partial charge is 0.410 e. The summed E-state index contributed by atoms with van der Waals surface area (Å²) in [6.07, 6.45) is 3.41. The van der Waals surface area contributed by atoms with Crippen LogP contribution in [-0.2, 0) is 16.1 Å². The van der Waals surface area contributed by atoms with Crippen LogP contribution in [0.3, 0.4) is 0 Å². The summed E-state index contributed by atoms with van der Waals surface area (Å²) in [5.74, 6) is 0.259. The summed E-state index contributed by atoms with van der Waals surface area (Å²) in [6, 6.07) is 8.89. The van der Waals surface area contributed by atoms with Crippen LogP contribution >= 0.6 is 0 Å². The summed E-state index contributed by atoms with van der Waals surface area (Å²) in [5.41, 5.74) is 0.887. The maximum absolute atomic E-state index is 12.7. The van der Waals surface area contributed by atoms with E-state index < -0.39 is 18.2 Å². The monoisotopic (exact) mass is 360 g/mol. The molecule has 26 heavy (non-hydrogen) atoms. The third-order valence-corrected chi connectivity index (χ3v) is 5.46. The predicted molar refractivity (Wildman–Crippen MR) is 97.3 cm³/mol. The number of hydrogen-bond donors (Lipinski definition) is 2. The van der Waals surface area contributed by atoms with Crippen molar-refractivity contribution in [3.8, 4) is 0 Å². The molecule has 6 nitrogen and oxygen atoms in total. The number of aliphatic hydroxyl groups excluding tert-OH is 1. The van der Waals surface area contributed by atoms with Gasteiger partial charge in [-0.25, -0.2) is 4.79 Å². The van der Waals surface area contributed by atoms with E-state index in [2.05, 4.69) is 12.2 Å². The molecule has 1 saturated heterocycles. The first-order valence-corrected chi connectivity index (χ1v) is 9.50. The number of ether oxygens (including phenoxy) is 1. The Morgan fingerprint density at radius 2 is 1.96 bits per heavy atom. The van der Waals surface area contributed by atoms with Crippen molar-refractivity contribution in [2.24, 2.45) is 5.92 Å². The fraction of sp³-hybridized carbons (Fsp3) is 0.600. The standard InChI is InChI=1S/C20H28N2O4/c1-14-7-5-6-10-17(14)21-19(24)18-11-16(23)12-22(18)20(25)26-13-15-8-3-2-4-9-15/h2-4,8-9,14,16-18,23H,5-7,10-13H2,1H3,(H,21,24)/t14-,16+,17-,18+/m1/s1.